The van der Waals surface area contributed by atoms with Gasteiger partial charge in [0.2, 0.25) is 0 Å². The predicted octanol–water partition coefficient (Wildman–Crippen LogP) is 2.08. The smallest absolute Gasteiger partial charge is 0.133 e. The number of ether oxygens (including phenoxy) is 1. The molecule has 1 aromatic heterocycles. The molecular weight excluding hydrogens is 368 g/mol. The molecule has 2 aliphatic heterocycles. The number of hydrogen-bond acceptors (Lipinski definition) is 7. The molecule has 3 heterocycles. The van der Waals surface area contributed by atoms with E-state index in [-0.39, 0.29) is 11.6 Å². The van der Waals surface area contributed by atoms with Crippen LogP contribution in [-0.2, 0) is 6.54 Å². The molecule has 0 bridgehead atoms. The Hall–Kier alpha value is -2.51. The summed E-state index contributed by atoms with van der Waals surface area (Å²) >= 11 is 0. The standard InChI is InChI=1S/C22H26N4O3/c1-3-22(6-7-22)29-15-5-4-14-10-23-20(16(14)8-15)17-9-19(25-12-24-17)26-11-18(27)21(28)13(26)2/h4-5,8-9,12-13,18,21,27-28H,3,6-7,10-11H2,1-2H3/t13-,18-,21-/m0/s1. The van der Waals surface area contributed by atoms with Gasteiger partial charge in [-0.05, 0) is 43.9 Å². The highest BCUT2D eigenvalue weighted by Crippen LogP contribution is 2.43. The Balaban J connectivity index is 1.44. The molecular formula is C22H26N4O3. The molecule has 7 nitrogen and oxygen atoms in total. The van der Waals surface area contributed by atoms with Gasteiger partial charge in [0.25, 0.3) is 0 Å². The Morgan fingerprint density at radius 3 is 2.72 bits per heavy atom. The molecule has 2 fully saturated rings. The summed E-state index contributed by atoms with van der Waals surface area (Å²) in [6, 6.07) is 7.87. The van der Waals surface area contributed by atoms with Crippen LogP contribution >= 0.6 is 0 Å². The van der Waals surface area contributed by atoms with E-state index in [1.54, 1.807) is 0 Å². The van der Waals surface area contributed by atoms with Gasteiger partial charge in [-0.3, -0.25) is 4.99 Å². The van der Waals surface area contributed by atoms with Crippen molar-refractivity contribution in [3.63, 3.8) is 0 Å². The lowest BCUT2D eigenvalue weighted by atomic mass is 10.0. The number of benzene rings is 1. The van der Waals surface area contributed by atoms with E-state index in [0.717, 1.165) is 47.5 Å². The largest absolute Gasteiger partial charge is 0.487 e. The van der Waals surface area contributed by atoms with E-state index >= 15 is 0 Å². The van der Waals surface area contributed by atoms with Gasteiger partial charge in [-0.1, -0.05) is 13.0 Å². The van der Waals surface area contributed by atoms with Gasteiger partial charge in [0, 0.05) is 18.2 Å². The number of aliphatic hydroxyl groups excluding tert-OH is 2. The number of anilines is 1. The first-order chi connectivity index (χ1) is 14.0. The van der Waals surface area contributed by atoms with Crippen LogP contribution in [0.1, 0.15) is 49.9 Å². The van der Waals surface area contributed by atoms with Crippen molar-refractivity contribution in [3.05, 3.63) is 47.4 Å². The summed E-state index contributed by atoms with van der Waals surface area (Å²) in [5.74, 6) is 1.57. The predicted molar refractivity (Wildman–Crippen MR) is 110 cm³/mol. The fraction of sp³-hybridized carbons (Fsp3) is 0.500. The van der Waals surface area contributed by atoms with Crippen LogP contribution in [0.15, 0.2) is 35.6 Å². The fourth-order valence-electron chi connectivity index (χ4n) is 4.28. The maximum Gasteiger partial charge on any atom is 0.133 e. The van der Waals surface area contributed by atoms with Crippen molar-refractivity contribution >= 4 is 11.5 Å². The van der Waals surface area contributed by atoms with Gasteiger partial charge in [-0.25, -0.2) is 9.97 Å². The molecule has 3 aliphatic rings. The van der Waals surface area contributed by atoms with Crippen molar-refractivity contribution in [2.24, 2.45) is 4.99 Å². The Labute approximate surface area is 170 Å². The monoisotopic (exact) mass is 394 g/mol. The van der Waals surface area contributed by atoms with E-state index in [1.807, 2.05) is 24.0 Å². The van der Waals surface area contributed by atoms with Crippen molar-refractivity contribution in [1.29, 1.82) is 0 Å². The molecule has 3 atom stereocenters. The Bertz CT molecular complexity index is 972. The zero-order valence-electron chi connectivity index (χ0n) is 16.7. The lowest BCUT2D eigenvalue weighted by Gasteiger charge is -2.23. The molecule has 7 heteroatoms. The minimum Gasteiger partial charge on any atom is -0.487 e. The van der Waals surface area contributed by atoms with Crippen LogP contribution in [-0.4, -0.2) is 56.3 Å². The maximum atomic E-state index is 10.1. The number of aliphatic hydroxyl groups is 2. The number of hydrogen-bond donors (Lipinski definition) is 2. The first-order valence-electron chi connectivity index (χ1n) is 10.3. The summed E-state index contributed by atoms with van der Waals surface area (Å²) in [5.41, 5.74) is 3.80. The first kappa shape index (κ1) is 18.5. The molecule has 5 rings (SSSR count). The third-order valence-corrected chi connectivity index (χ3v) is 6.48. The van der Waals surface area contributed by atoms with Crippen molar-refractivity contribution in [2.45, 2.75) is 63.5 Å². The van der Waals surface area contributed by atoms with E-state index < -0.39 is 12.2 Å². The van der Waals surface area contributed by atoms with Crippen LogP contribution in [0.2, 0.25) is 0 Å². The molecule has 1 saturated heterocycles. The number of aromatic nitrogens is 2. The highest BCUT2D eigenvalue weighted by Gasteiger charge is 2.43. The zero-order valence-corrected chi connectivity index (χ0v) is 16.7. The summed E-state index contributed by atoms with van der Waals surface area (Å²) in [6.45, 7) is 5.03. The number of aliphatic imine (C=N–C) groups is 1. The van der Waals surface area contributed by atoms with Gasteiger partial charge < -0.3 is 19.8 Å². The topological polar surface area (TPSA) is 91.1 Å². The van der Waals surface area contributed by atoms with E-state index in [0.29, 0.717) is 18.9 Å². The van der Waals surface area contributed by atoms with Crippen molar-refractivity contribution in [2.75, 3.05) is 11.4 Å². The van der Waals surface area contributed by atoms with Crippen LogP contribution < -0.4 is 9.64 Å². The second-order valence-corrected chi connectivity index (χ2v) is 8.33. The highest BCUT2D eigenvalue weighted by atomic mass is 16.5. The Kier molecular flexibility index (Phi) is 4.33. The van der Waals surface area contributed by atoms with Gasteiger partial charge in [0.15, 0.2) is 0 Å². The number of fused-ring (bicyclic) bond motifs is 1. The van der Waals surface area contributed by atoms with Gasteiger partial charge in [0.05, 0.1) is 30.1 Å². The molecule has 0 spiro atoms. The van der Waals surface area contributed by atoms with Gasteiger partial charge in [-0.15, -0.1) is 0 Å². The number of nitrogens with zero attached hydrogens (tertiary/aromatic N) is 4. The SMILES string of the molecule is CCC1(Oc2ccc3c(c2)C(c2cc(N4C[C@H](O)[C@@H](O)[C@@H]4C)ncn2)=NC3)CC1. The van der Waals surface area contributed by atoms with E-state index in [1.165, 1.54) is 6.33 Å². The summed E-state index contributed by atoms with van der Waals surface area (Å²) in [5, 5.41) is 20.1. The summed E-state index contributed by atoms with van der Waals surface area (Å²) in [4.78, 5) is 15.4. The molecule has 152 valence electrons. The van der Waals surface area contributed by atoms with Gasteiger partial charge >= 0.3 is 0 Å². The molecule has 0 radical (unpaired) electrons. The first-order valence-corrected chi connectivity index (χ1v) is 10.3. The van der Waals surface area contributed by atoms with E-state index in [2.05, 4.69) is 29.0 Å². The third-order valence-electron chi connectivity index (χ3n) is 6.48. The van der Waals surface area contributed by atoms with Crippen LogP contribution in [0.3, 0.4) is 0 Å². The summed E-state index contributed by atoms with van der Waals surface area (Å²) in [7, 11) is 0. The van der Waals surface area contributed by atoms with Crippen LogP contribution in [0.5, 0.6) is 5.75 Å². The molecule has 1 aliphatic carbocycles. The molecule has 1 aromatic carbocycles. The van der Waals surface area contributed by atoms with Crippen LogP contribution in [0, 0.1) is 0 Å². The average molecular weight is 394 g/mol. The van der Waals surface area contributed by atoms with E-state index in [4.69, 9.17) is 9.73 Å². The minimum absolute atomic E-state index is 0.0137. The lowest BCUT2D eigenvalue weighted by molar-refractivity contribution is 0.0438. The molecule has 0 unspecified atom stereocenters. The molecule has 2 N–H and O–H groups in total. The summed E-state index contributed by atoms with van der Waals surface area (Å²) < 4.78 is 6.26. The quantitative estimate of drug-likeness (QED) is 0.807. The molecule has 0 amide bonds. The third kappa shape index (κ3) is 3.18. The Morgan fingerprint density at radius 1 is 1.21 bits per heavy atom. The van der Waals surface area contributed by atoms with Gasteiger partial charge in [-0.2, -0.15) is 0 Å². The maximum absolute atomic E-state index is 10.1. The van der Waals surface area contributed by atoms with Crippen LogP contribution in [0.4, 0.5) is 5.82 Å². The van der Waals surface area contributed by atoms with Crippen LogP contribution in [0.25, 0.3) is 0 Å². The fourth-order valence-corrected chi connectivity index (χ4v) is 4.28. The number of rotatable bonds is 5. The molecule has 1 saturated carbocycles. The van der Waals surface area contributed by atoms with E-state index in [9.17, 15) is 10.2 Å². The molecule has 29 heavy (non-hydrogen) atoms. The van der Waals surface area contributed by atoms with Crippen molar-refractivity contribution < 1.29 is 14.9 Å². The Morgan fingerprint density at radius 2 is 2.03 bits per heavy atom. The van der Waals surface area contributed by atoms with Gasteiger partial charge in [0.1, 0.15) is 29.6 Å². The number of β-amino-alcohol motifs (C(OH)–C–C–N with tert-alkyl or cyclic N) is 1. The van der Waals surface area contributed by atoms with Crippen molar-refractivity contribution in [1.82, 2.24) is 9.97 Å². The normalized spacial score (nSPS) is 27.0. The average Bonchev–Trinajstić information content (AvgIpc) is 3.31. The second kappa shape index (κ2) is 6.78. The molecule has 2 aromatic rings. The van der Waals surface area contributed by atoms with Crippen molar-refractivity contribution in [3.8, 4) is 5.75 Å². The minimum atomic E-state index is -0.786. The zero-order chi connectivity index (χ0) is 20.2. The highest BCUT2D eigenvalue weighted by molar-refractivity contribution is 6.14. The lowest BCUT2D eigenvalue weighted by Crippen LogP contribution is -2.33. The second-order valence-electron chi connectivity index (χ2n) is 8.33. The summed E-state index contributed by atoms with van der Waals surface area (Å²) in [6.07, 6.45) is 3.20.